The quantitative estimate of drug-likeness (QED) is 0.740. The number of nitrogens with one attached hydrogen (secondary N) is 2. The van der Waals surface area contributed by atoms with Gasteiger partial charge in [-0.3, -0.25) is 4.79 Å². The Hall–Kier alpha value is -2.89. The number of para-hydroxylation sites is 1. The van der Waals surface area contributed by atoms with E-state index in [-0.39, 0.29) is 18.0 Å². The van der Waals surface area contributed by atoms with Gasteiger partial charge >= 0.3 is 0 Å². The zero-order valence-electron chi connectivity index (χ0n) is 16.0. The number of hydrogen-bond acceptors (Lipinski definition) is 5. The lowest BCUT2D eigenvalue weighted by Crippen LogP contribution is -2.41. The summed E-state index contributed by atoms with van der Waals surface area (Å²) in [4.78, 5) is 12.2. The monoisotopic (exact) mass is 401 g/mol. The van der Waals surface area contributed by atoms with Crippen molar-refractivity contribution in [3.8, 4) is 11.8 Å². The predicted octanol–water partition coefficient (Wildman–Crippen LogP) is 2.33. The first-order valence-corrected chi connectivity index (χ1v) is 10.1. The van der Waals surface area contributed by atoms with E-state index in [0.29, 0.717) is 16.9 Å². The van der Waals surface area contributed by atoms with E-state index >= 15 is 0 Å². The van der Waals surface area contributed by atoms with E-state index in [9.17, 15) is 13.2 Å². The minimum Gasteiger partial charge on any atom is -0.482 e. The molecule has 2 aromatic carbocycles. The molecule has 0 atom stereocenters. The third kappa shape index (κ3) is 6.08. The Kier molecular flexibility index (Phi) is 6.78. The van der Waals surface area contributed by atoms with Gasteiger partial charge in [0.15, 0.2) is 6.61 Å². The van der Waals surface area contributed by atoms with E-state index in [2.05, 4.69) is 10.0 Å². The highest BCUT2D eigenvalue weighted by Gasteiger charge is 2.24. The maximum absolute atomic E-state index is 12.6. The van der Waals surface area contributed by atoms with Crippen LogP contribution < -0.4 is 14.8 Å². The van der Waals surface area contributed by atoms with Crippen molar-refractivity contribution in [3.63, 3.8) is 0 Å². The second-order valence-electron chi connectivity index (χ2n) is 7.14. The van der Waals surface area contributed by atoms with Gasteiger partial charge in [-0.15, -0.1) is 0 Å². The predicted molar refractivity (Wildman–Crippen MR) is 105 cm³/mol. The Bertz CT molecular complexity index is 989. The number of sulfonamides is 1. The second-order valence-corrected chi connectivity index (χ2v) is 8.79. The Labute approximate surface area is 165 Å². The summed E-state index contributed by atoms with van der Waals surface area (Å²) in [6.45, 7) is 5.01. The van der Waals surface area contributed by atoms with Gasteiger partial charge in [-0.1, -0.05) is 30.3 Å². The van der Waals surface area contributed by atoms with Crippen molar-refractivity contribution < 1.29 is 17.9 Å². The molecule has 0 aliphatic heterocycles. The van der Waals surface area contributed by atoms with Gasteiger partial charge in [-0.25, -0.2) is 13.1 Å². The van der Waals surface area contributed by atoms with Gasteiger partial charge in [0.2, 0.25) is 10.0 Å². The maximum atomic E-state index is 12.6. The van der Waals surface area contributed by atoms with Crippen molar-refractivity contribution in [1.82, 2.24) is 10.0 Å². The number of benzene rings is 2. The lowest BCUT2D eigenvalue weighted by Gasteiger charge is -2.21. The van der Waals surface area contributed by atoms with Crippen LogP contribution in [0.2, 0.25) is 0 Å². The smallest absolute Gasteiger partial charge is 0.258 e. The molecule has 8 heteroatoms. The number of hydrogen-bond donors (Lipinski definition) is 2. The zero-order chi connectivity index (χ0) is 20.8. The summed E-state index contributed by atoms with van der Waals surface area (Å²) in [6, 6.07) is 15.1. The first kappa shape index (κ1) is 21.4. The fraction of sp³-hybridized carbons (Fsp3) is 0.300. The van der Waals surface area contributed by atoms with Crippen molar-refractivity contribution in [2.24, 2.45) is 0 Å². The highest BCUT2D eigenvalue weighted by Crippen LogP contribution is 2.18. The lowest BCUT2D eigenvalue weighted by molar-refractivity contribution is -0.123. The first-order valence-electron chi connectivity index (χ1n) is 8.63. The summed E-state index contributed by atoms with van der Waals surface area (Å²) in [5.41, 5.74) is 0.169. The van der Waals surface area contributed by atoms with Gasteiger partial charge in [-0.2, -0.15) is 5.26 Å². The number of carbonyl (C=O) groups is 1. The highest BCUT2D eigenvalue weighted by atomic mass is 32.2. The summed E-state index contributed by atoms with van der Waals surface area (Å²) in [5.74, 6) is -0.110. The Morgan fingerprint density at radius 1 is 1.11 bits per heavy atom. The standard InChI is InChI=1S/C20H23N3O4S/c1-20(2,3)23-28(25,26)18-11-7-5-9-16(18)13-22-19(24)14-27-17-10-6-4-8-15(17)12-21/h4-11,23H,13-14H2,1-3H3,(H,22,24). The van der Waals surface area contributed by atoms with Crippen LogP contribution in [0.5, 0.6) is 5.75 Å². The van der Waals surface area contributed by atoms with E-state index in [4.69, 9.17) is 10.00 Å². The van der Waals surface area contributed by atoms with Crippen LogP contribution in [0.1, 0.15) is 31.9 Å². The molecular weight excluding hydrogens is 378 g/mol. The highest BCUT2D eigenvalue weighted by molar-refractivity contribution is 7.89. The number of nitriles is 1. The molecule has 28 heavy (non-hydrogen) atoms. The number of ether oxygens (including phenoxy) is 1. The van der Waals surface area contributed by atoms with Crippen LogP contribution >= 0.6 is 0 Å². The van der Waals surface area contributed by atoms with Crippen LogP contribution in [-0.2, 0) is 21.4 Å². The van der Waals surface area contributed by atoms with Crippen molar-refractivity contribution in [2.45, 2.75) is 37.8 Å². The maximum Gasteiger partial charge on any atom is 0.258 e. The van der Waals surface area contributed by atoms with Crippen molar-refractivity contribution >= 4 is 15.9 Å². The molecule has 0 spiro atoms. The van der Waals surface area contributed by atoms with E-state index in [1.54, 1.807) is 63.2 Å². The normalized spacial score (nSPS) is 11.5. The molecule has 148 valence electrons. The first-order chi connectivity index (χ1) is 13.1. The molecule has 0 radical (unpaired) electrons. The summed E-state index contributed by atoms with van der Waals surface area (Å²) in [7, 11) is -3.73. The van der Waals surface area contributed by atoms with Crippen LogP contribution in [-0.4, -0.2) is 26.5 Å². The minimum absolute atomic E-state index is 0.0311. The number of carbonyl (C=O) groups excluding carboxylic acids is 1. The van der Waals surface area contributed by atoms with E-state index in [1.807, 2.05) is 6.07 Å². The molecule has 0 aliphatic carbocycles. The molecule has 0 saturated carbocycles. The molecule has 0 bridgehead atoms. The van der Waals surface area contributed by atoms with Gasteiger partial charge < -0.3 is 10.1 Å². The molecular formula is C20H23N3O4S. The number of amides is 1. The molecule has 0 heterocycles. The van der Waals surface area contributed by atoms with E-state index in [0.717, 1.165) is 0 Å². The molecule has 2 rings (SSSR count). The zero-order valence-corrected chi connectivity index (χ0v) is 16.8. The lowest BCUT2D eigenvalue weighted by atomic mass is 10.1. The van der Waals surface area contributed by atoms with Crippen LogP contribution in [0.4, 0.5) is 0 Å². The van der Waals surface area contributed by atoms with Crippen LogP contribution in [0, 0.1) is 11.3 Å². The van der Waals surface area contributed by atoms with Crippen LogP contribution in [0.25, 0.3) is 0 Å². The van der Waals surface area contributed by atoms with E-state index < -0.39 is 21.5 Å². The molecule has 2 N–H and O–H groups in total. The number of rotatable bonds is 7. The third-order valence-corrected chi connectivity index (χ3v) is 5.40. The van der Waals surface area contributed by atoms with Gasteiger partial charge in [0.25, 0.3) is 5.91 Å². The molecule has 0 saturated heterocycles. The minimum atomic E-state index is -3.73. The largest absolute Gasteiger partial charge is 0.482 e. The van der Waals surface area contributed by atoms with Crippen LogP contribution in [0.15, 0.2) is 53.4 Å². The van der Waals surface area contributed by atoms with Crippen molar-refractivity contribution in [1.29, 1.82) is 5.26 Å². The molecule has 1 amide bonds. The summed E-state index contributed by atoms with van der Waals surface area (Å²) in [6.07, 6.45) is 0. The Morgan fingerprint density at radius 2 is 1.75 bits per heavy atom. The van der Waals surface area contributed by atoms with Gasteiger partial charge in [0.05, 0.1) is 10.5 Å². The summed E-state index contributed by atoms with van der Waals surface area (Å²) in [5, 5.41) is 11.7. The van der Waals surface area contributed by atoms with Gasteiger partial charge in [-0.05, 0) is 44.5 Å². The molecule has 0 fully saturated rings. The van der Waals surface area contributed by atoms with Crippen LogP contribution in [0.3, 0.4) is 0 Å². The molecule has 0 unspecified atom stereocenters. The van der Waals surface area contributed by atoms with Gasteiger partial charge in [0.1, 0.15) is 11.8 Å². The Balaban J connectivity index is 2.03. The number of nitrogens with zero attached hydrogens (tertiary/aromatic N) is 1. The molecule has 2 aromatic rings. The van der Waals surface area contributed by atoms with Crippen molar-refractivity contribution in [3.05, 3.63) is 59.7 Å². The molecule has 7 nitrogen and oxygen atoms in total. The average molecular weight is 401 g/mol. The topological polar surface area (TPSA) is 108 Å². The van der Waals surface area contributed by atoms with E-state index in [1.165, 1.54) is 6.07 Å². The van der Waals surface area contributed by atoms with Gasteiger partial charge in [0, 0.05) is 12.1 Å². The average Bonchev–Trinajstić information content (AvgIpc) is 2.63. The Morgan fingerprint density at radius 3 is 2.43 bits per heavy atom. The summed E-state index contributed by atoms with van der Waals surface area (Å²) < 4.78 is 33.2. The fourth-order valence-electron chi connectivity index (χ4n) is 2.44. The third-order valence-electron chi connectivity index (χ3n) is 3.54. The fourth-order valence-corrected chi connectivity index (χ4v) is 4.10. The molecule has 0 aromatic heterocycles. The molecule has 0 aliphatic rings. The second kappa shape index (κ2) is 8.87. The summed E-state index contributed by atoms with van der Waals surface area (Å²) >= 11 is 0. The SMILES string of the molecule is CC(C)(C)NS(=O)(=O)c1ccccc1CNC(=O)COc1ccccc1C#N. The van der Waals surface area contributed by atoms with Crippen molar-refractivity contribution in [2.75, 3.05) is 6.61 Å².